The molecule has 0 aromatic heterocycles. The van der Waals surface area contributed by atoms with Crippen LogP contribution in [-0.2, 0) is 9.09 Å². The van der Waals surface area contributed by atoms with E-state index in [9.17, 15) is 4.57 Å². The summed E-state index contributed by atoms with van der Waals surface area (Å²) in [5.74, 6) is 0. The van der Waals surface area contributed by atoms with Crippen molar-refractivity contribution in [2.45, 2.75) is 52.0 Å². The summed E-state index contributed by atoms with van der Waals surface area (Å²) in [6.45, 7) is 5.69. The highest BCUT2D eigenvalue weighted by Gasteiger charge is 2.41. The van der Waals surface area contributed by atoms with Gasteiger partial charge in [-0.2, -0.15) is 0 Å². The second-order valence-electron chi connectivity index (χ2n) is 6.24. The molecule has 1 atom stereocenters. The third-order valence-electron chi connectivity index (χ3n) is 3.69. The smallest absolute Gasteiger partial charge is 0.305 e. The van der Waals surface area contributed by atoms with Crippen molar-refractivity contribution in [3.05, 3.63) is 0 Å². The SMILES string of the molecule is CN1CC(C)(C)COP1(=O)NC1CCCCC1. The second-order valence-corrected chi connectivity index (χ2v) is 8.48. The Labute approximate surface area is 105 Å². The molecular formula is C12H25N2O2P. The summed E-state index contributed by atoms with van der Waals surface area (Å²) in [5, 5.41) is 3.28. The van der Waals surface area contributed by atoms with Gasteiger partial charge < -0.3 is 4.52 Å². The predicted octanol–water partition coefficient (Wildman–Crippen LogP) is 3.01. The molecule has 100 valence electrons. The van der Waals surface area contributed by atoms with Crippen molar-refractivity contribution in [1.29, 1.82) is 0 Å². The molecule has 2 rings (SSSR count). The van der Waals surface area contributed by atoms with E-state index in [1.54, 1.807) is 0 Å². The molecule has 17 heavy (non-hydrogen) atoms. The average molecular weight is 260 g/mol. The van der Waals surface area contributed by atoms with E-state index in [-0.39, 0.29) is 5.41 Å². The highest BCUT2D eigenvalue weighted by Crippen LogP contribution is 2.52. The molecular weight excluding hydrogens is 235 g/mol. The Morgan fingerprint density at radius 3 is 2.53 bits per heavy atom. The molecule has 1 saturated heterocycles. The maximum Gasteiger partial charge on any atom is 0.343 e. The Morgan fingerprint density at radius 1 is 1.29 bits per heavy atom. The normalized spacial score (nSPS) is 35.9. The summed E-state index contributed by atoms with van der Waals surface area (Å²) in [5.41, 5.74) is 0.0942. The topological polar surface area (TPSA) is 41.6 Å². The Bertz CT molecular complexity index is 314. The monoisotopic (exact) mass is 260 g/mol. The zero-order chi connectivity index (χ0) is 12.5. The predicted molar refractivity (Wildman–Crippen MR) is 70.0 cm³/mol. The fraction of sp³-hybridized carbons (Fsp3) is 1.00. The van der Waals surface area contributed by atoms with E-state index in [0.29, 0.717) is 12.6 Å². The second kappa shape index (κ2) is 5.00. The van der Waals surface area contributed by atoms with Gasteiger partial charge in [-0.3, -0.25) is 4.57 Å². The maximum atomic E-state index is 12.7. The van der Waals surface area contributed by atoms with Crippen molar-refractivity contribution in [2.24, 2.45) is 5.41 Å². The summed E-state index contributed by atoms with van der Waals surface area (Å²) in [6.07, 6.45) is 6.06. The van der Waals surface area contributed by atoms with E-state index in [0.717, 1.165) is 19.4 Å². The van der Waals surface area contributed by atoms with Gasteiger partial charge in [0.2, 0.25) is 0 Å². The van der Waals surface area contributed by atoms with Crippen molar-refractivity contribution in [3.63, 3.8) is 0 Å². The van der Waals surface area contributed by atoms with Gasteiger partial charge in [0.1, 0.15) is 0 Å². The standard InChI is InChI=1S/C12H25N2O2P/c1-12(2)9-14(3)17(15,16-10-12)13-11-7-5-4-6-8-11/h11H,4-10H2,1-3H3,(H,13,15). The number of nitrogens with zero attached hydrogens (tertiary/aromatic N) is 1. The molecule has 0 aromatic carbocycles. The molecule has 1 unspecified atom stereocenters. The molecule has 0 amide bonds. The quantitative estimate of drug-likeness (QED) is 0.775. The minimum atomic E-state index is -2.77. The fourth-order valence-electron chi connectivity index (χ4n) is 2.72. The van der Waals surface area contributed by atoms with E-state index >= 15 is 0 Å². The molecule has 1 aliphatic heterocycles. The Balaban J connectivity index is 1.96. The van der Waals surface area contributed by atoms with Crippen LogP contribution < -0.4 is 5.09 Å². The van der Waals surface area contributed by atoms with Gasteiger partial charge in [-0.15, -0.1) is 0 Å². The lowest BCUT2D eigenvalue weighted by atomic mass is 9.95. The average Bonchev–Trinajstić information content (AvgIpc) is 2.26. The zero-order valence-electron chi connectivity index (χ0n) is 11.2. The van der Waals surface area contributed by atoms with Crippen LogP contribution in [-0.4, -0.2) is 30.9 Å². The lowest BCUT2D eigenvalue weighted by Gasteiger charge is -2.42. The zero-order valence-corrected chi connectivity index (χ0v) is 12.1. The Morgan fingerprint density at radius 2 is 1.94 bits per heavy atom. The van der Waals surface area contributed by atoms with Gasteiger partial charge in [0.15, 0.2) is 0 Å². The third kappa shape index (κ3) is 3.31. The van der Waals surface area contributed by atoms with Crippen LogP contribution in [0, 0.1) is 5.41 Å². The lowest BCUT2D eigenvalue weighted by molar-refractivity contribution is 0.0976. The van der Waals surface area contributed by atoms with Gasteiger partial charge >= 0.3 is 7.67 Å². The van der Waals surface area contributed by atoms with Gasteiger partial charge in [-0.05, 0) is 19.9 Å². The molecule has 1 saturated carbocycles. The summed E-state index contributed by atoms with van der Waals surface area (Å²) in [4.78, 5) is 0. The fourth-order valence-corrected chi connectivity index (χ4v) is 5.00. The van der Waals surface area contributed by atoms with Crippen LogP contribution in [0.1, 0.15) is 46.0 Å². The first-order chi connectivity index (χ1) is 7.91. The number of rotatable bonds is 2. The van der Waals surface area contributed by atoms with Crippen LogP contribution in [0.3, 0.4) is 0 Å². The van der Waals surface area contributed by atoms with Crippen LogP contribution in [0.25, 0.3) is 0 Å². The molecule has 2 aliphatic rings. The maximum absolute atomic E-state index is 12.7. The minimum Gasteiger partial charge on any atom is -0.305 e. The first-order valence-corrected chi connectivity index (χ1v) is 8.23. The molecule has 0 spiro atoms. The van der Waals surface area contributed by atoms with Crippen molar-refractivity contribution in [3.8, 4) is 0 Å². The van der Waals surface area contributed by atoms with Crippen LogP contribution in [0.4, 0.5) is 0 Å². The van der Waals surface area contributed by atoms with E-state index in [1.165, 1.54) is 19.3 Å². The Kier molecular flexibility index (Phi) is 3.99. The molecule has 2 fully saturated rings. The molecule has 0 radical (unpaired) electrons. The molecule has 1 heterocycles. The number of nitrogens with one attached hydrogen (secondary N) is 1. The highest BCUT2D eigenvalue weighted by molar-refractivity contribution is 7.54. The lowest BCUT2D eigenvalue weighted by Crippen LogP contribution is -2.44. The first kappa shape index (κ1) is 13.5. The van der Waals surface area contributed by atoms with Gasteiger partial charge in [0.05, 0.1) is 6.61 Å². The van der Waals surface area contributed by atoms with Crippen molar-refractivity contribution >= 4 is 7.67 Å². The number of hydrogen-bond acceptors (Lipinski definition) is 2. The third-order valence-corrected chi connectivity index (χ3v) is 5.90. The molecule has 1 N–H and O–H groups in total. The van der Waals surface area contributed by atoms with Crippen LogP contribution in [0.5, 0.6) is 0 Å². The van der Waals surface area contributed by atoms with E-state index in [4.69, 9.17) is 4.52 Å². The van der Waals surface area contributed by atoms with Gasteiger partial charge in [-0.25, -0.2) is 9.76 Å². The molecule has 1 aliphatic carbocycles. The molecule has 0 aromatic rings. The van der Waals surface area contributed by atoms with Crippen molar-refractivity contribution in [2.75, 3.05) is 20.2 Å². The summed E-state index contributed by atoms with van der Waals surface area (Å²) in [6, 6.07) is 0.373. The van der Waals surface area contributed by atoms with Crippen LogP contribution in [0.2, 0.25) is 0 Å². The van der Waals surface area contributed by atoms with Crippen LogP contribution in [0.15, 0.2) is 0 Å². The summed E-state index contributed by atoms with van der Waals surface area (Å²) < 4.78 is 20.3. The van der Waals surface area contributed by atoms with E-state index in [1.807, 2.05) is 11.7 Å². The van der Waals surface area contributed by atoms with E-state index in [2.05, 4.69) is 18.9 Å². The Hall–Kier alpha value is 0.110. The van der Waals surface area contributed by atoms with Crippen molar-refractivity contribution in [1.82, 2.24) is 9.76 Å². The molecule has 4 nitrogen and oxygen atoms in total. The molecule has 5 heteroatoms. The van der Waals surface area contributed by atoms with E-state index < -0.39 is 7.67 Å². The molecule has 0 bridgehead atoms. The summed E-state index contributed by atoms with van der Waals surface area (Å²) >= 11 is 0. The minimum absolute atomic E-state index is 0.0942. The summed E-state index contributed by atoms with van der Waals surface area (Å²) in [7, 11) is -0.869. The van der Waals surface area contributed by atoms with Crippen LogP contribution >= 0.6 is 7.67 Å². The first-order valence-electron chi connectivity index (χ1n) is 6.65. The highest BCUT2D eigenvalue weighted by atomic mass is 31.2. The van der Waals surface area contributed by atoms with Gasteiger partial charge in [-0.1, -0.05) is 33.1 Å². The van der Waals surface area contributed by atoms with Gasteiger partial charge in [0.25, 0.3) is 0 Å². The van der Waals surface area contributed by atoms with Crippen molar-refractivity contribution < 1.29 is 9.09 Å². The number of hydrogen-bond donors (Lipinski definition) is 1. The largest absolute Gasteiger partial charge is 0.343 e. The van der Waals surface area contributed by atoms with Gasteiger partial charge in [0, 0.05) is 18.0 Å².